The fourth-order valence-electron chi connectivity index (χ4n) is 3.04. The van der Waals surface area contributed by atoms with Gasteiger partial charge in [-0.3, -0.25) is 4.79 Å². The first-order valence-electron chi connectivity index (χ1n) is 7.22. The van der Waals surface area contributed by atoms with Crippen LogP contribution in [-0.4, -0.2) is 15.7 Å². The molecule has 1 amide bonds. The molecular weight excluding hydrogens is 294 g/mol. The van der Waals surface area contributed by atoms with Crippen LogP contribution in [0.1, 0.15) is 28.5 Å². The molecule has 1 atom stereocenters. The summed E-state index contributed by atoms with van der Waals surface area (Å²) in [6.07, 6.45) is 0.481. The van der Waals surface area contributed by atoms with Crippen LogP contribution in [0.15, 0.2) is 47.8 Å². The van der Waals surface area contributed by atoms with Gasteiger partial charge < -0.3 is 5.32 Å². The number of nitrogens with zero attached hydrogens (tertiary/aromatic N) is 2. The van der Waals surface area contributed by atoms with E-state index in [0.717, 1.165) is 22.8 Å². The van der Waals surface area contributed by atoms with Gasteiger partial charge in [-0.2, -0.15) is 5.10 Å². The highest BCUT2D eigenvalue weighted by Crippen LogP contribution is 2.41. The maximum atomic E-state index is 12.2. The SMILES string of the molecule is Cc1nn(-c2ccccc2)c2c1[C@H](c1cccs1)CC(=O)N2. The van der Waals surface area contributed by atoms with Crippen molar-refractivity contribution in [3.05, 3.63) is 64.0 Å². The van der Waals surface area contributed by atoms with Crippen LogP contribution in [0.2, 0.25) is 0 Å². The third-order valence-electron chi connectivity index (χ3n) is 3.99. The summed E-state index contributed by atoms with van der Waals surface area (Å²) < 4.78 is 1.84. The summed E-state index contributed by atoms with van der Waals surface area (Å²) in [5.74, 6) is 0.947. The zero-order valence-electron chi connectivity index (χ0n) is 12.1. The Morgan fingerprint density at radius 2 is 2.05 bits per heavy atom. The van der Waals surface area contributed by atoms with Crippen LogP contribution in [0.5, 0.6) is 0 Å². The Balaban J connectivity index is 1.90. The van der Waals surface area contributed by atoms with E-state index in [9.17, 15) is 4.79 Å². The maximum absolute atomic E-state index is 12.2. The summed E-state index contributed by atoms with van der Waals surface area (Å²) in [7, 11) is 0. The van der Waals surface area contributed by atoms with Crippen molar-refractivity contribution < 1.29 is 4.79 Å². The number of benzene rings is 1. The minimum absolute atomic E-state index is 0.0444. The molecule has 5 heteroatoms. The predicted molar refractivity (Wildman–Crippen MR) is 87.7 cm³/mol. The molecule has 0 radical (unpaired) electrons. The standard InChI is InChI=1S/C17H15N3OS/c1-11-16-13(14-8-5-9-22-14)10-15(21)18-17(16)20(19-11)12-6-3-2-4-7-12/h2-9,13H,10H2,1H3,(H,18,21)/t13-/m0/s1. The Morgan fingerprint density at radius 3 is 2.77 bits per heavy atom. The second-order valence-electron chi connectivity index (χ2n) is 5.42. The maximum Gasteiger partial charge on any atom is 0.226 e. The first-order chi connectivity index (χ1) is 10.7. The number of anilines is 1. The monoisotopic (exact) mass is 309 g/mol. The van der Waals surface area contributed by atoms with E-state index < -0.39 is 0 Å². The lowest BCUT2D eigenvalue weighted by molar-refractivity contribution is -0.116. The molecule has 3 aromatic rings. The van der Waals surface area contributed by atoms with Crippen molar-refractivity contribution in [2.45, 2.75) is 19.3 Å². The Hall–Kier alpha value is -2.40. The highest BCUT2D eigenvalue weighted by Gasteiger charge is 2.32. The molecule has 110 valence electrons. The molecular formula is C17H15N3OS. The van der Waals surface area contributed by atoms with Gasteiger partial charge >= 0.3 is 0 Å². The molecule has 0 spiro atoms. The highest BCUT2D eigenvalue weighted by molar-refractivity contribution is 7.10. The van der Waals surface area contributed by atoms with Gasteiger partial charge in [0.25, 0.3) is 0 Å². The van der Waals surface area contributed by atoms with E-state index in [1.165, 1.54) is 4.88 Å². The molecule has 4 rings (SSSR count). The summed E-state index contributed by atoms with van der Waals surface area (Å²) in [6, 6.07) is 14.0. The number of hydrogen-bond donors (Lipinski definition) is 1. The van der Waals surface area contributed by atoms with Crippen LogP contribution >= 0.6 is 11.3 Å². The molecule has 1 N–H and O–H groups in total. The minimum atomic E-state index is 0.0444. The number of carbonyl (C=O) groups excluding carboxylic acids is 1. The topological polar surface area (TPSA) is 46.9 Å². The number of thiophene rings is 1. The van der Waals surface area contributed by atoms with Gasteiger partial charge in [-0.15, -0.1) is 11.3 Å². The molecule has 0 bridgehead atoms. The van der Waals surface area contributed by atoms with Crippen molar-refractivity contribution in [3.8, 4) is 5.69 Å². The van der Waals surface area contributed by atoms with Crippen LogP contribution in [0, 0.1) is 6.92 Å². The van der Waals surface area contributed by atoms with Crippen molar-refractivity contribution >= 4 is 23.1 Å². The van der Waals surface area contributed by atoms with Crippen LogP contribution in [-0.2, 0) is 4.79 Å². The first-order valence-corrected chi connectivity index (χ1v) is 8.10. The summed E-state index contributed by atoms with van der Waals surface area (Å²) in [4.78, 5) is 13.4. The Bertz CT molecular complexity index is 821. The van der Waals surface area contributed by atoms with E-state index in [4.69, 9.17) is 0 Å². The molecule has 0 unspecified atom stereocenters. The van der Waals surface area contributed by atoms with Crippen LogP contribution in [0.25, 0.3) is 5.69 Å². The van der Waals surface area contributed by atoms with Crippen molar-refractivity contribution in [3.63, 3.8) is 0 Å². The lowest BCUT2D eigenvalue weighted by Crippen LogP contribution is -2.24. The number of aryl methyl sites for hydroxylation is 1. The van der Waals surface area contributed by atoms with Crippen LogP contribution < -0.4 is 5.32 Å². The van der Waals surface area contributed by atoms with Gasteiger partial charge in [-0.05, 0) is 30.5 Å². The fourth-order valence-corrected chi connectivity index (χ4v) is 3.87. The van der Waals surface area contributed by atoms with Gasteiger partial charge in [-0.25, -0.2) is 4.68 Å². The van der Waals surface area contributed by atoms with Gasteiger partial charge in [-0.1, -0.05) is 24.3 Å². The number of fused-ring (bicyclic) bond motifs is 1. The molecule has 0 saturated heterocycles. The largest absolute Gasteiger partial charge is 0.310 e. The second-order valence-corrected chi connectivity index (χ2v) is 6.39. The molecule has 0 saturated carbocycles. The summed E-state index contributed by atoms with van der Waals surface area (Å²) in [6.45, 7) is 2.01. The Kier molecular flexibility index (Phi) is 3.08. The molecule has 2 aromatic heterocycles. The van der Waals surface area contributed by atoms with Crippen molar-refractivity contribution in [2.24, 2.45) is 0 Å². The van der Waals surface area contributed by atoms with E-state index >= 15 is 0 Å². The molecule has 22 heavy (non-hydrogen) atoms. The van der Waals surface area contributed by atoms with E-state index in [0.29, 0.717) is 6.42 Å². The lowest BCUT2D eigenvalue weighted by Gasteiger charge is -2.23. The number of amides is 1. The number of rotatable bonds is 2. The van der Waals surface area contributed by atoms with Crippen molar-refractivity contribution in [2.75, 3.05) is 5.32 Å². The molecule has 1 aliphatic heterocycles. The number of carbonyl (C=O) groups is 1. The highest BCUT2D eigenvalue weighted by atomic mass is 32.1. The molecule has 0 aliphatic carbocycles. The molecule has 1 aliphatic rings. The zero-order chi connectivity index (χ0) is 15.1. The van der Waals surface area contributed by atoms with Gasteiger partial charge in [0.05, 0.1) is 11.4 Å². The Morgan fingerprint density at radius 1 is 1.23 bits per heavy atom. The van der Waals surface area contributed by atoms with Gasteiger partial charge in [0.1, 0.15) is 5.82 Å². The average molecular weight is 309 g/mol. The van der Waals surface area contributed by atoms with Crippen molar-refractivity contribution in [1.82, 2.24) is 9.78 Å². The lowest BCUT2D eigenvalue weighted by atomic mass is 9.91. The third kappa shape index (κ3) is 2.05. The predicted octanol–water partition coefficient (Wildman–Crippen LogP) is 3.72. The van der Waals surface area contributed by atoms with E-state index in [1.807, 2.05) is 48.0 Å². The molecule has 1 aromatic carbocycles. The number of hydrogen-bond acceptors (Lipinski definition) is 3. The van der Waals surface area contributed by atoms with Gasteiger partial charge in [0.2, 0.25) is 5.91 Å². The van der Waals surface area contributed by atoms with Crippen molar-refractivity contribution in [1.29, 1.82) is 0 Å². The zero-order valence-corrected chi connectivity index (χ0v) is 12.9. The van der Waals surface area contributed by atoms with Crippen LogP contribution in [0.3, 0.4) is 0 Å². The average Bonchev–Trinajstić information content (AvgIpc) is 3.16. The summed E-state index contributed by atoms with van der Waals surface area (Å²) >= 11 is 1.69. The van der Waals surface area contributed by atoms with E-state index in [1.54, 1.807) is 11.3 Å². The molecule has 4 nitrogen and oxygen atoms in total. The number of nitrogens with one attached hydrogen (secondary N) is 1. The summed E-state index contributed by atoms with van der Waals surface area (Å²) in [5.41, 5.74) is 3.06. The number of para-hydroxylation sites is 1. The molecule has 3 heterocycles. The van der Waals surface area contributed by atoms with E-state index in [-0.39, 0.29) is 11.8 Å². The van der Waals surface area contributed by atoms with Gasteiger partial charge in [0, 0.05) is 22.8 Å². The van der Waals surface area contributed by atoms with Crippen LogP contribution in [0.4, 0.5) is 5.82 Å². The Labute approximate surface area is 132 Å². The fraction of sp³-hybridized carbons (Fsp3) is 0.176. The third-order valence-corrected chi connectivity index (χ3v) is 4.98. The first kappa shape index (κ1) is 13.3. The van der Waals surface area contributed by atoms with Gasteiger partial charge in [0.15, 0.2) is 0 Å². The minimum Gasteiger partial charge on any atom is -0.310 e. The quantitative estimate of drug-likeness (QED) is 0.784. The molecule has 0 fully saturated rings. The van der Waals surface area contributed by atoms with E-state index in [2.05, 4.69) is 21.9 Å². The second kappa shape index (κ2) is 5.10. The smallest absolute Gasteiger partial charge is 0.226 e. The number of aromatic nitrogens is 2. The normalized spacial score (nSPS) is 17.1. The summed E-state index contributed by atoms with van der Waals surface area (Å²) in [5, 5.41) is 9.72.